The number of nitrogens with one attached hydrogen (secondary N) is 1. The fourth-order valence-corrected chi connectivity index (χ4v) is 6.02. The molecular weight excluding hydrogens is 632 g/mol. The first-order valence-corrected chi connectivity index (χ1v) is 15.2. The Morgan fingerprint density at radius 1 is 1.07 bits per heavy atom. The Balaban J connectivity index is 1.22. The minimum Gasteiger partial charge on any atom is -0.489 e. The van der Waals surface area contributed by atoms with Gasteiger partial charge in [-0.2, -0.15) is 5.10 Å². The van der Waals surface area contributed by atoms with Crippen LogP contribution in [-0.4, -0.2) is 50.7 Å². The number of carbonyl (C=O) groups is 1. The number of ketones is 1. The van der Waals surface area contributed by atoms with E-state index in [1.807, 2.05) is 12.1 Å². The molecular formula is C33H32BrF2N5O3. The normalized spacial score (nSPS) is 14.4. The summed E-state index contributed by atoms with van der Waals surface area (Å²) in [5, 5.41) is 5.04. The topological polar surface area (TPSA) is 98.4 Å². The first-order valence-electron chi connectivity index (χ1n) is 14.4. The third-order valence-electron chi connectivity index (χ3n) is 7.97. The number of nitrogen functional groups attached to an aromatic ring is 1. The molecule has 1 saturated heterocycles. The van der Waals surface area contributed by atoms with Crippen molar-refractivity contribution in [2.24, 2.45) is 0 Å². The van der Waals surface area contributed by atoms with Crippen LogP contribution < -0.4 is 15.2 Å². The zero-order chi connectivity index (χ0) is 31.1. The van der Waals surface area contributed by atoms with Crippen LogP contribution in [0.3, 0.4) is 0 Å². The molecule has 44 heavy (non-hydrogen) atoms. The predicted octanol–water partition coefficient (Wildman–Crippen LogP) is 7.56. The van der Waals surface area contributed by atoms with Crippen molar-refractivity contribution in [3.63, 3.8) is 0 Å². The lowest BCUT2D eigenvalue weighted by molar-refractivity contribution is 0.0839. The van der Waals surface area contributed by atoms with Crippen molar-refractivity contribution in [3.05, 3.63) is 93.7 Å². The summed E-state index contributed by atoms with van der Waals surface area (Å²) >= 11 is 3.62. The molecule has 3 aromatic carbocycles. The van der Waals surface area contributed by atoms with Gasteiger partial charge in [0.25, 0.3) is 0 Å². The molecule has 3 N–H and O–H groups in total. The maximum absolute atomic E-state index is 15.4. The molecule has 5 aromatic rings. The van der Waals surface area contributed by atoms with Gasteiger partial charge in [-0.3, -0.25) is 4.79 Å². The van der Waals surface area contributed by atoms with Gasteiger partial charge in [0.15, 0.2) is 17.4 Å². The summed E-state index contributed by atoms with van der Waals surface area (Å²) in [5.74, 6) is -0.851. The van der Waals surface area contributed by atoms with Gasteiger partial charge in [0.1, 0.15) is 29.1 Å². The van der Waals surface area contributed by atoms with Crippen LogP contribution in [0.5, 0.6) is 17.2 Å². The van der Waals surface area contributed by atoms with Crippen LogP contribution in [0, 0.1) is 18.6 Å². The average Bonchev–Trinajstić information content (AvgIpc) is 3.57. The fraction of sp³-hybridized carbons (Fsp3) is 0.273. The number of likely N-dealkylation sites (tertiary alicyclic amines) is 1. The number of para-hydroxylation sites is 1. The summed E-state index contributed by atoms with van der Waals surface area (Å²) < 4.78 is 43.3. The lowest BCUT2D eigenvalue weighted by atomic mass is 10.1. The first-order chi connectivity index (χ1) is 21.1. The van der Waals surface area contributed by atoms with Gasteiger partial charge in [0.2, 0.25) is 5.78 Å². The summed E-state index contributed by atoms with van der Waals surface area (Å²) in [6.07, 6.45) is 3.34. The molecule has 1 aliphatic heterocycles. The number of carbonyl (C=O) groups excluding carboxylic acids is 1. The van der Waals surface area contributed by atoms with E-state index in [1.165, 1.54) is 29.1 Å². The van der Waals surface area contributed by atoms with Crippen molar-refractivity contribution in [1.29, 1.82) is 0 Å². The van der Waals surface area contributed by atoms with Crippen LogP contribution in [0.2, 0.25) is 0 Å². The molecule has 0 bridgehead atoms. The van der Waals surface area contributed by atoms with E-state index in [0.29, 0.717) is 17.3 Å². The summed E-state index contributed by atoms with van der Waals surface area (Å²) in [6.45, 7) is 8.05. The molecule has 0 aliphatic carbocycles. The molecule has 0 amide bonds. The van der Waals surface area contributed by atoms with Gasteiger partial charge in [-0.1, -0.05) is 12.1 Å². The van der Waals surface area contributed by atoms with E-state index in [2.05, 4.69) is 44.8 Å². The minimum atomic E-state index is -0.692. The molecule has 2 aromatic heterocycles. The number of rotatable bonds is 8. The zero-order valence-electron chi connectivity index (χ0n) is 24.5. The molecule has 6 rings (SSSR count). The lowest BCUT2D eigenvalue weighted by Crippen LogP contribution is -2.41. The molecule has 228 valence electrons. The number of nitrogens with two attached hydrogens (primary N) is 1. The van der Waals surface area contributed by atoms with Crippen molar-refractivity contribution in [2.45, 2.75) is 45.8 Å². The van der Waals surface area contributed by atoms with Crippen molar-refractivity contribution < 1.29 is 23.0 Å². The fourth-order valence-electron chi connectivity index (χ4n) is 5.58. The van der Waals surface area contributed by atoms with Crippen LogP contribution in [0.25, 0.3) is 16.6 Å². The largest absolute Gasteiger partial charge is 0.489 e. The van der Waals surface area contributed by atoms with Crippen molar-refractivity contribution in [3.8, 4) is 22.9 Å². The molecule has 0 atom stereocenters. The monoisotopic (exact) mass is 663 g/mol. The van der Waals surface area contributed by atoms with E-state index in [-0.39, 0.29) is 40.5 Å². The Kier molecular flexibility index (Phi) is 8.17. The van der Waals surface area contributed by atoms with Crippen LogP contribution in [-0.2, 0) is 0 Å². The predicted molar refractivity (Wildman–Crippen MR) is 169 cm³/mol. The molecule has 0 spiro atoms. The summed E-state index contributed by atoms with van der Waals surface area (Å²) in [7, 11) is 0. The highest BCUT2D eigenvalue weighted by atomic mass is 79.9. The number of halogens is 3. The summed E-state index contributed by atoms with van der Waals surface area (Å²) in [4.78, 5) is 19.2. The molecule has 1 aliphatic rings. The number of hydrogen-bond donors (Lipinski definition) is 2. The van der Waals surface area contributed by atoms with Gasteiger partial charge in [-0.15, -0.1) is 0 Å². The Morgan fingerprint density at radius 2 is 1.82 bits per heavy atom. The smallest absolute Gasteiger partial charge is 0.214 e. The van der Waals surface area contributed by atoms with E-state index in [0.717, 1.165) is 53.1 Å². The number of ether oxygens (including phenoxy) is 2. The van der Waals surface area contributed by atoms with E-state index >= 15 is 4.39 Å². The van der Waals surface area contributed by atoms with E-state index in [9.17, 15) is 9.18 Å². The molecule has 11 heteroatoms. The second-order valence-corrected chi connectivity index (χ2v) is 12.1. The molecule has 8 nitrogen and oxygen atoms in total. The number of benzene rings is 3. The lowest BCUT2D eigenvalue weighted by Gasteiger charge is -2.34. The number of piperidine rings is 1. The zero-order valence-corrected chi connectivity index (χ0v) is 26.1. The van der Waals surface area contributed by atoms with E-state index in [1.54, 1.807) is 25.1 Å². The number of aromatic amines is 1. The molecule has 0 saturated carbocycles. The van der Waals surface area contributed by atoms with Crippen LogP contribution in [0.15, 0.2) is 65.3 Å². The first kappa shape index (κ1) is 29.8. The van der Waals surface area contributed by atoms with Crippen LogP contribution in [0.1, 0.15) is 48.3 Å². The second-order valence-electron chi connectivity index (χ2n) is 11.3. The van der Waals surface area contributed by atoms with Gasteiger partial charge < -0.3 is 25.1 Å². The SMILES string of the molecule is Cc1cc(Oc2ccccc2F)cc(F)c1-n1ncc(C(=O)c2cc3cc(OC4CCN(C(C)C)CC4)c(Br)cc3[nH]2)c1N. The summed E-state index contributed by atoms with van der Waals surface area (Å²) in [5.41, 5.74) is 8.03. The van der Waals surface area contributed by atoms with Crippen LogP contribution in [0.4, 0.5) is 14.6 Å². The maximum Gasteiger partial charge on any atom is 0.214 e. The van der Waals surface area contributed by atoms with Gasteiger partial charge in [0, 0.05) is 36.1 Å². The molecule has 1 fully saturated rings. The Hall–Kier alpha value is -4.22. The highest BCUT2D eigenvalue weighted by Crippen LogP contribution is 2.35. The third kappa shape index (κ3) is 5.81. The average molecular weight is 665 g/mol. The number of aryl methyl sites for hydroxylation is 1. The molecule has 3 heterocycles. The Morgan fingerprint density at radius 3 is 2.52 bits per heavy atom. The number of nitrogens with zero attached hydrogens (tertiary/aromatic N) is 3. The van der Waals surface area contributed by atoms with Crippen LogP contribution >= 0.6 is 15.9 Å². The van der Waals surface area contributed by atoms with Gasteiger partial charge in [-0.05, 0) is 91.5 Å². The van der Waals surface area contributed by atoms with Crippen molar-refractivity contribution >= 4 is 38.4 Å². The van der Waals surface area contributed by atoms with Gasteiger partial charge >= 0.3 is 0 Å². The molecule has 0 radical (unpaired) electrons. The third-order valence-corrected chi connectivity index (χ3v) is 8.59. The number of anilines is 1. The summed E-state index contributed by atoms with van der Waals surface area (Å²) in [6, 6.07) is 14.6. The number of hydrogen-bond acceptors (Lipinski definition) is 6. The quantitative estimate of drug-likeness (QED) is 0.166. The van der Waals surface area contributed by atoms with Gasteiger partial charge in [0.05, 0.1) is 21.9 Å². The number of aromatic nitrogens is 3. The second kappa shape index (κ2) is 12.0. The van der Waals surface area contributed by atoms with Crippen molar-refractivity contribution in [2.75, 3.05) is 18.8 Å². The standard InChI is InChI=1S/C33H32BrF2N5O3/c1-18(2)40-10-8-21(9-11-40)43-30-14-20-13-28(39-27(20)16-24(30)34)32(42)23-17-38-41(33(23)37)31-19(3)12-22(15-26(31)36)44-29-7-5-4-6-25(29)35/h4-7,12-18,21,39H,8-11,37H2,1-3H3. The Bertz CT molecular complexity index is 1840. The number of fused-ring (bicyclic) bond motifs is 1. The van der Waals surface area contributed by atoms with Gasteiger partial charge in [-0.25, -0.2) is 13.5 Å². The Labute approximate surface area is 261 Å². The highest BCUT2D eigenvalue weighted by Gasteiger charge is 2.25. The maximum atomic E-state index is 15.4. The van der Waals surface area contributed by atoms with E-state index in [4.69, 9.17) is 15.2 Å². The highest BCUT2D eigenvalue weighted by molar-refractivity contribution is 9.10. The van der Waals surface area contributed by atoms with E-state index < -0.39 is 11.6 Å². The number of H-pyrrole nitrogens is 1. The molecule has 0 unspecified atom stereocenters. The van der Waals surface area contributed by atoms with Crippen molar-refractivity contribution in [1.82, 2.24) is 19.7 Å². The minimum absolute atomic E-state index is 0.0172.